The van der Waals surface area contributed by atoms with Gasteiger partial charge in [-0.25, -0.2) is 5.48 Å². The van der Waals surface area contributed by atoms with E-state index < -0.39 is 5.91 Å². The van der Waals surface area contributed by atoms with Crippen molar-refractivity contribution in [2.45, 2.75) is 26.3 Å². The first-order valence-electron chi connectivity index (χ1n) is 10.5. The maximum atomic E-state index is 12.9. The first kappa shape index (κ1) is 20.6. The minimum absolute atomic E-state index is 0.193. The lowest BCUT2D eigenvalue weighted by molar-refractivity contribution is 0.0706. The zero-order valence-electron chi connectivity index (χ0n) is 17.3. The van der Waals surface area contributed by atoms with Gasteiger partial charge in [0.15, 0.2) is 0 Å². The van der Waals surface area contributed by atoms with Crippen molar-refractivity contribution in [3.8, 4) is 0 Å². The summed E-state index contributed by atoms with van der Waals surface area (Å²) in [5.41, 5.74) is 6.96. The van der Waals surface area contributed by atoms with Gasteiger partial charge in [-0.05, 0) is 55.6 Å². The molecular formula is C24H28FN3O2. The van der Waals surface area contributed by atoms with Crippen molar-refractivity contribution in [2.24, 2.45) is 5.92 Å². The van der Waals surface area contributed by atoms with Crippen molar-refractivity contribution in [2.75, 3.05) is 26.3 Å². The third kappa shape index (κ3) is 4.11. The Morgan fingerprint density at radius 1 is 1.17 bits per heavy atom. The maximum absolute atomic E-state index is 12.9. The van der Waals surface area contributed by atoms with Crippen molar-refractivity contribution in [3.05, 3.63) is 70.9 Å². The van der Waals surface area contributed by atoms with Crippen LogP contribution in [-0.2, 0) is 13.0 Å². The van der Waals surface area contributed by atoms with Gasteiger partial charge in [0.1, 0.15) is 0 Å². The molecule has 1 aliphatic heterocycles. The molecule has 1 aliphatic rings. The normalized spacial score (nSPS) is 17.0. The summed E-state index contributed by atoms with van der Waals surface area (Å²) in [5.74, 6) is -0.315. The predicted octanol–water partition coefficient (Wildman–Crippen LogP) is 3.95. The smallest absolute Gasteiger partial charge is 0.274 e. The van der Waals surface area contributed by atoms with Gasteiger partial charge < -0.3 is 9.47 Å². The number of hydrogen-bond acceptors (Lipinski definition) is 3. The van der Waals surface area contributed by atoms with Crippen LogP contribution in [-0.4, -0.2) is 46.9 Å². The van der Waals surface area contributed by atoms with Crippen molar-refractivity contribution in [3.63, 3.8) is 0 Å². The fraction of sp³-hybridized carbons (Fsp3) is 0.375. The Morgan fingerprint density at radius 2 is 1.93 bits per heavy atom. The first-order valence-corrected chi connectivity index (χ1v) is 10.5. The Bertz CT molecular complexity index is 1030. The molecule has 1 amide bonds. The lowest BCUT2D eigenvalue weighted by Gasteiger charge is -2.17. The standard InChI is InChI=1S/C24H28FN3O2/c1-17-22(14-18-6-8-20(9-7-18)24(29)26-30)21-4-2-3-5-23(21)28(17)13-12-27-11-10-19(15-25)16-27/h2-9,19,30H,10-16H2,1H3,(H,26,29). The number of fused-ring (bicyclic) bond motifs is 1. The summed E-state index contributed by atoms with van der Waals surface area (Å²) in [4.78, 5) is 13.9. The highest BCUT2D eigenvalue weighted by Crippen LogP contribution is 2.28. The molecule has 5 nitrogen and oxygen atoms in total. The zero-order chi connectivity index (χ0) is 21.1. The van der Waals surface area contributed by atoms with Crippen LogP contribution in [0.4, 0.5) is 4.39 Å². The van der Waals surface area contributed by atoms with Crippen LogP contribution in [0.15, 0.2) is 48.5 Å². The number of benzene rings is 2. The number of hydrogen-bond donors (Lipinski definition) is 2. The summed E-state index contributed by atoms with van der Waals surface area (Å²) in [6.45, 7) is 5.60. The Kier molecular flexibility index (Phi) is 6.16. The molecule has 30 heavy (non-hydrogen) atoms. The van der Waals surface area contributed by atoms with Crippen LogP contribution in [0.5, 0.6) is 0 Å². The average Bonchev–Trinajstić information content (AvgIpc) is 3.35. The lowest BCUT2D eigenvalue weighted by Crippen LogP contribution is -2.25. The third-order valence-electron chi connectivity index (χ3n) is 6.29. The molecule has 0 spiro atoms. The van der Waals surface area contributed by atoms with Gasteiger partial charge in [0.05, 0.1) is 6.67 Å². The summed E-state index contributed by atoms with van der Waals surface area (Å²) in [6, 6.07) is 15.8. The molecule has 6 heteroatoms. The van der Waals surface area contributed by atoms with Gasteiger partial charge >= 0.3 is 0 Å². The van der Waals surface area contributed by atoms with Crippen LogP contribution >= 0.6 is 0 Å². The van der Waals surface area contributed by atoms with Crippen molar-refractivity contribution in [1.29, 1.82) is 0 Å². The topological polar surface area (TPSA) is 57.5 Å². The molecule has 3 aromatic rings. The minimum atomic E-state index is -0.508. The molecule has 1 saturated heterocycles. The maximum Gasteiger partial charge on any atom is 0.274 e. The Hall–Kier alpha value is -2.70. The molecule has 0 radical (unpaired) electrons. The molecule has 0 bridgehead atoms. The van der Waals surface area contributed by atoms with Gasteiger partial charge in [0.2, 0.25) is 0 Å². The van der Waals surface area contributed by atoms with E-state index in [-0.39, 0.29) is 12.6 Å². The molecule has 4 rings (SSSR count). The fourth-order valence-corrected chi connectivity index (χ4v) is 4.54. The number of aromatic nitrogens is 1. The Balaban J connectivity index is 1.56. The van der Waals surface area contributed by atoms with E-state index in [1.807, 2.05) is 12.1 Å². The fourth-order valence-electron chi connectivity index (χ4n) is 4.54. The van der Waals surface area contributed by atoms with Gasteiger partial charge in [-0.2, -0.15) is 0 Å². The number of para-hydroxylation sites is 1. The van der Waals surface area contributed by atoms with E-state index in [4.69, 9.17) is 5.21 Å². The summed E-state index contributed by atoms with van der Waals surface area (Å²) >= 11 is 0. The van der Waals surface area contributed by atoms with E-state index in [1.165, 1.54) is 22.2 Å². The highest BCUT2D eigenvalue weighted by molar-refractivity contribution is 5.93. The van der Waals surface area contributed by atoms with Gasteiger partial charge in [0.25, 0.3) is 5.91 Å². The zero-order valence-corrected chi connectivity index (χ0v) is 17.3. The summed E-state index contributed by atoms with van der Waals surface area (Å²) in [6.07, 6.45) is 1.73. The van der Waals surface area contributed by atoms with Crippen LogP contribution in [0.25, 0.3) is 10.9 Å². The highest BCUT2D eigenvalue weighted by Gasteiger charge is 2.22. The monoisotopic (exact) mass is 409 g/mol. The van der Waals surface area contributed by atoms with Crippen molar-refractivity contribution >= 4 is 16.8 Å². The van der Waals surface area contributed by atoms with Crippen molar-refractivity contribution < 1.29 is 14.4 Å². The molecule has 0 saturated carbocycles. The van der Waals surface area contributed by atoms with Gasteiger partial charge in [-0.3, -0.25) is 14.4 Å². The highest BCUT2D eigenvalue weighted by atomic mass is 19.1. The second kappa shape index (κ2) is 8.98. The molecule has 1 fully saturated rings. The van der Waals surface area contributed by atoms with Crippen molar-refractivity contribution in [1.82, 2.24) is 14.9 Å². The molecule has 158 valence electrons. The molecule has 0 aliphatic carbocycles. The molecule has 1 unspecified atom stereocenters. The van der Waals surface area contributed by atoms with E-state index in [0.717, 1.165) is 44.6 Å². The largest absolute Gasteiger partial charge is 0.343 e. The van der Waals surface area contributed by atoms with Crippen LogP contribution in [0.3, 0.4) is 0 Å². The summed E-state index contributed by atoms with van der Waals surface area (Å²) in [5, 5.41) is 10.0. The lowest BCUT2D eigenvalue weighted by atomic mass is 10.0. The van der Waals surface area contributed by atoms with E-state index in [2.05, 4.69) is 40.7 Å². The van der Waals surface area contributed by atoms with E-state index >= 15 is 0 Å². The number of nitrogens with one attached hydrogen (secondary N) is 1. The summed E-state index contributed by atoms with van der Waals surface area (Å²) in [7, 11) is 0. The molecule has 2 heterocycles. The quantitative estimate of drug-likeness (QED) is 0.459. The minimum Gasteiger partial charge on any atom is -0.343 e. The molecule has 1 atom stereocenters. The summed E-state index contributed by atoms with van der Waals surface area (Å²) < 4.78 is 15.3. The molecule has 1 aromatic heterocycles. The molecular weight excluding hydrogens is 381 g/mol. The van der Waals surface area contributed by atoms with Crippen LogP contribution < -0.4 is 5.48 Å². The van der Waals surface area contributed by atoms with Gasteiger partial charge in [-0.15, -0.1) is 0 Å². The van der Waals surface area contributed by atoms with Gasteiger partial charge in [0, 0.05) is 47.7 Å². The van der Waals surface area contributed by atoms with E-state index in [0.29, 0.717) is 5.56 Å². The number of halogens is 1. The second-order valence-electron chi connectivity index (χ2n) is 8.16. The van der Waals surface area contributed by atoms with Crippen LogP contribution in [0.2, 0.25) is 0 Å². The van der Waals surface area contributed by atoms with Crippen LogP contribution in [0.1, 0.15) is 33.6 Å². The predicted molar refractivity (Wildman–Crippen MR) is 116 cm³/mol. The Morgan fingerprint density at radius 3 is 2.63 bits per heavy atom. The molecule has 2 aromatic carbocycles. The number of hydroxylamine groups is 1. The van der Waals surface area contributed by atoms with Gasteiger partial charge in [-0.1, -0.05) is 30.3 Å². The van der Waals surface area contributed by atoms with E-state index in [1.54, 1.807) is 17.6 Å². The number of alkyl halides is 1. The number of carbonyl (C=O) groups is 1. The third-order valence-corrected chi connectivity index (χ3v) is 6.29. The first-order chi connectivity index (χ1) is 14.6. The number of amides is 1. The number of likely N-dealkylation sites (tertiary alicyclic amines) is 1. The molecule has 2 N–H and O–H groups in total. The van der Waals surface area contributed by atoms with Crippen LogP contribution in [0, 0.1) is 12.8 Å². The second-order valence-corrected chi connectivity index (χ2v) is 8.16. The van der Waals surface area contributed by atoms with E-state index in [9.17, 15) is 9.18 Å². The number of nitrogens with zero attached hydrogens (tertiary/aromatic N) is 2. The number of rotatable bonds is 7. The number of carbonyl (C=O) groups excluding carboxylic acids is 1. The average molecular weight is 410 g/mol. The Labute approximate surface area is 176 Å². The SMILES string of the molecule is Cc1c(Cc2ccc(C(=O)NO)cc2)c2ccccc2n1CCN1CCC(CF)C1.